The van der Waals surface area contributed by atoms with Gasteiger partial charge in [-0.25, -0.2) is 17.6 Å². The van der Waals surface area contributed by atoms with Crippen LogP contribution in [0, 0.1) is 12.7 Å². The molecule has 0 amide bonds. The number of hydrogen-bond donors (Lipinski definition) is 1. The van der Waals surface area contributed by atoms with E-state index in [4.69, 9.17) is 4.74 Å². The van der Waals surface area contributed by atoms with Crippen LogP contribution in [0.25, 0.3) is 0 Å². The van der Waals surface area contributed by atoms with E-state index < -0.39 is 21.8 Å². The van der Waals surface area contributed by atoms with Crippen molar-refractivity contribution in [3.63, 3.8) is 0 Å². The van der Waals surface area contributed by atoms with Gasteiger partial charge in [-0.3, -0.25) is 4.72 Å². The Morgan fingerprint density at radius 3 is 2.29 bits per heavy atom. The van der Waals surface area contributed by atoms with E-state index >= 15 is 0 Å². The lowest BCUT2D eigenvalue weighted by atomic mass is 10.1. The fraction of sp³-hybridized carbons (Fsp3) is 0.188. The predicted molar refractivity (Wildman–Crippen MR) is 86.3 cm³/mol. The maximum absolute atomic E-state index is 13.6. The zero-order chi connectivity index (χ0) is 17.9. The molecule has 0 unspecified atom stereocenters. The van der Waals surface area contributed by atoms with E-state index in [1.165, 1.54) is 19.2 Å². The summed E-state index contributed by atoms with van der Waals surface area (Å²) in [6.45, 7) is 1.82. The fourth-order valence-electron chi connectivity index (χ4n) is 2.03. The molecule has 0 spiro atoms. The van der Waals surface area contributed by atoms with E-state index in [1.54, 1.807) is 12.1 Å². The van der Waals surface area contributed by atoms with Crippen LogP contribution in [-0.4, -0.2) is 28.6 Å². The average molecular weight is 353 g/mol. The van der Waals surface area contributed by atoms with Gasteiger partial charge in [-0.05, 0) is 25.1 Å². The van der Waals surface area contributed by atoms with Crippen molar-refractivity contribution >= 4 is 21.7 Å². The fourth-order valence-corrected chi connectivity index (χ4v) is 3.12. The average Bonchev–Trinajstić information content (AvgIpc) is 2.55. The molecular weight excluding hydrogens is 337 g/mol. The molecule has 0 fully saturated rings. The van der Waals surface area contributed by atoms with Crippen molar-refractivity contribution in [1.29, 1.82) is 0 Å². The first-order valence-corrected chi connectivity index (χ1v) is 8.32. The summed E-state index contributed by atoms with van der Waals surface area (Å²) in [5, 5.41) is 0. The molecule has 8 heteroatoms. The van der Waals surface area contributed by atoms with Crippen LogP contribution in [-0.2, 0) is 14.8 Å². The van der Waals surface area contributed by atoms with Crippen LogP contribution in [0.3, 0.4) is 0 Å². The second kappa shape index (κ2) is 6.88. The van der Waals surface area contributed by atoms with Gasteiger partial charge in [0.1, 0.15) is 17.3 Å². The molecule has 2 rings (SSSR count). The number of methoxy groups -OCH3 is 2. The SMILES string of the molecule is COC(=O)c1cc(F)cc(OC)c1NS(=O)(=O)c1ccc(C)cc1. The monoisotopic (exact) mass is 353 g/mol. The number of carbonyl (C=O) groups is 1. The number of benzene rings is 2. The van der Waals surface area contributed by atoms with E-state index in [0.29, 0.717) is 0 Å². The molecule has 2 aromatic carbocycles. The number of sulfonamides is 1. The van der Waals surface area contributed by atoms with Crippen LogP contribution in [0.5, 0.6) is 5.75 Å². The molecule has 0 radical (unpaired) electrons. The second-order valence-electron chi connectivity index (χ2n) is 4.94. The minimum absolute atomic E-state index is 0.00436. The van der Waals surface area contributed by atoms with Crippen LogP contribution < -0.4 is 9.46 Å². The molecule has 0 saturated carbocycles. The number of anilines is 1. The van der Waals surface area contributed by atoms with Crippen molar-refractivity contribution in [2.45, 2.75) is 11.8 Å². The van der Waals surface area contributed by atoms with Crippen LogP contribution in [0.1, 0.15) is 15.9 Å². The third kappa shape index (κ3) is 3.65. The van der Waals surface area contributed by atoms with Gasteiger partial charge in [0.05, 0.1) is 24.7 Å². The van der Waals surface area contributed by atoms with Crippen molar-refractivity contribution in [3.05, 3.63) is 53.3 Å². The number of carbonyl (C=O) groups excluding carboxylic acids is 1. The van der Waals surface area contributed by atoms with Gasteiger partial charge in [-0.1, -0.05) is 17.7 Å². The van der Waals surface area contributed by atoms with Crippen molar-refractivity contribution in [3.8, 4) is 5.75 Å². The Morgan fingerprint density at radius 2 is 1.75 bits per heavy atom. The predicted octanol–water partition coefficient (Wildman–Crippen LogP) is 2.73. The third-order valence-corrected chi connectivity index (χ3v) is 4.63. The summed E-state index contributed by atoms with van der Waals surface area (Å²) in [5.41, 5.74) is 0.417. The molecular formula is C16H16FNO5S. The number of rotatable bonds is 5. The van der Waals surface area contributed by atoms with Crippen LogP contribution in [0.4, 0.5) is 10.1 Å². The highest BCUT2D eigenvalue weighted by Crippen LogP contribution is 2.32. The smallest absolute Gasteiger partial charge is 0.340 e. The summed E-state index contributed by atoms with van der Waals surface area (Å²) < 4.78 is 50.5. The molecule has 128 valence electrons. The first-order valence-electron chi connectivity index (χ1n) is 6.84. The normalized spacial score (nSPS) is 11.0. The summed E-state index contributed by atoms with van der Waals surface area (Å²) in [5.74, 6) is -1.79. The van der Waals surface area contributed by atoms with E-state index in [9.17, 15) is 17.6 Å². The summed E-state index contributed by atoms with van der Waals surface area (Å²) in [6, 6.07) is 7.97. The zero-order valence-corrected chi connectivity index (χ0v) is 14.1. The molecule has 0 bridgehead atoms. The number of ether oxygens (including phenoxy) is 2. The Morgan fingerprint density at radius 1 is 1.12 bits per heavy atom. The Bertz CT molecular complexity index is 863. The quantitative estimate of drug-likeness (QED) is 0.836. The second-order valence-corrected chi connectivity index (χ2v) is 6.62. The standard InChI is InChI=1S/C16H16FNO5S/c1-10-4-6-12(7-5-10)24(20,21)18-15-13(16(19)23-3)8-11(17)9-14(15)22-2/h4-9,18H,1-3H3. The van der Waals surface area contributed by atoms with E-state index in [2.05, 4.69) is 9.46 Å². The summed E-state index contributed by atoms with van der Waals surface area (Å²) in [4.78, 5) is 11.8. The van der Waals surface area contributed by atoms with Gasteiger partial charge >= 0.3 is 5.97 Å². The molecule has 2 aromatic rings. The van der Waals surface area contributed by atoms with Crippen molar-refractivity contribution in [1.82, 2.24) is 0 Å². The van der Waals surface area contributed by atoms with Crippen molar-refractivity contribution < 1.29 is 27.1 Å². The van der Waals surface area contributed by atoms with Crippen molar-refractivity contribution in [2.75, 3.05) is 18.9 Å². The van der Waals surface area contributed by atoms with Crippen LogP contribution >= 0.6 is 0 Å². The minimum atomic E-state index is -4.00. The molecule has 24 heavy (non-hydrogen) atoms. The lowest BCUT2D eigenvalue weighted by Gasteiger charge is -2.15. The first kappa shape index (κ1) is 17.7. The van der Waals surface area contributed by atoms with Crippen LogP contribution in [0.2, 0.25) is 0 Å². The third-order valence-electron chi connectivity index (χ3n) is 3.26. The number of esters is 1. The van der Waals surface area contributed by atoms with E-state index in [1.807, 2.05) is 6.92 Å². The number of nitrogens with one attached hydrogen (secondary N) is 1. The van der Waals surface area contributed by atoms with E-state index in [-0.39, 0.29) is 21.9 Å². The zero-order valence-electron chi connectivity index (χ0n) is 13.3. The van der Waals surface area contributed by atoms with E-state index in [0.717, 1.165) is 24.8 Å². The summed E-state index contributed by atoms with van der Waals surface area (Å²) in [6.07, 6.45) is 0. The Kier molecular flexibility index (Phi) is 5.08. The number of hydrogen-bond acceptors (Lipinski definition) is 5. The highest BCUT2D eigenvalue weighted by Gasteiger charge is 2.24. The molecule has 1 N–H and O–H groups in total. The van der Waals surface area contributed by atoms with Gasteiger partial charge in [0, 0.05) is 6.07 Å². The Balaban J connectivity index is 2.55. The van der Waals surface area contributed by atoms with Gasteiger partial charge in [-0.15, -0.1) is 0 Å². The first-order chi connectivity index (χ1) is 11.3. The highest BCUT2D eigenvalue weighted by molar-refractivity contribution is 7.92. The lowest BCUT2D eigenvalue weighted by molar-refractivity contribution is 0.0601. The van der Waals surface area contributed by atoms with Gasteiger partial charge in [0.2, 0.25) is 0 Å². The molecule has 6 nitrogen and oxygen atoms in total. The number of aryl methyl sites for hydroxylation is 1. The molecule has 0 aliphatic carbocycles. The topological polar surface area (TPSA) is 81.7 Å². The minimum Gasteiger partial charge on any atom is -0.494 e. The molecule has 0 aromatic heterocycles. The van der Waals surface area contributed by atoms with Crippen molar-refractivity contribution in [2.24, 2.45) is 0 Å². The van der Waals surface area contributed by atoms with Gasteiger partial charge in [0.15, 0.2) is 0 Å². The molecule has 0 saturated heterocycles. The molecule has 0 aliphatic rings. The molecule has 0 heterocycles. The maximum Gasteiger partial charge on any atom is 0.340 e. The van der Waals surface area contributed by atoms with Gasteiger partial charge in [0.25, 0.3) is 10.0 Å². The summed E-state index contributed by atoms with van der Waals surface area (Å²) >= 11 is 0. The molecule has 0 atom stereocenters. The van der Waals surface area contributed by atoms with Crippen LogP contribution in [0.15, 0.2) is 41.3 Å². The Hall–Kier alpha value is -2.61. The lowest BCUT2D eigenvalue weighted by Crippen LogP contribution is -2.17. The largest absolute Gasteiger partial charge is 0.494 e. The van der Waals surface area contributed by atoms with Gasteiger partial charge in [-0.2, -0.15) is 0 Å². The summed E-state index contributed by atoms with van der Waals surface area (Å²) in [7, 11) is -1.66. The maximum atomic E-state index is 13.6. The molecule has 0 aliphatic heterocycles. The highest BCUT2D eigenvalue weighted by atomic mass is 32.2. The number of halogens is 1. The van der Waals surface area contributed by atoms with Gasteiger partial charge < -0.3 is 9.47 Å². The Labute approximate surface area is 139 Å².